The quantitative estimate of drug-likeness (QED) is 0.819. The normalized spacial score (nSPS) is 10.6. The zero-order valence-electron chi connectivity index (χ0n) is 12.4. The van der Waals surface area contributed by atoms with E-state index in [4.69, 9.17) is 14.7 Å². The van der Waals surface area contributed by atoms with Crippen molar-refractivity contribution in [1.82, 2.24) is 5.32 Å². The second-order valence-corrected chi connectivity index (χ2v) is 6.24. The summed E-state index contributed by atoms with van der Waals surface area (Å²) in [5.41, 5.74) is 0.0449. The number of nitrogens with one attached hydrogen (secondary N) is 1. The molecule has 1 rings (SSSR count). The average Bonchev–Trinajstić information content (AvgIpc) is 2.38. The lowest BCUT2D eigenvalue weighted by atomic mass is 10.2. The first-order chi connectivity index (χ1) is 9.81. The molecule has 0 aliphatic heterocycles. The molecule has 0 aromatic heterocycles. The third-order valence-electron chi connectivity index (χ3n) is 2.31. The highest BCUT2D eigenvalue weighted by Gasteiger charge is 2.15. The maximum atomic E-state index is 11.4. The van der Waals surface area contributed by atoms with E-state index < -0.39 is 11.7 Å². The van der Waals surface area contributed by atoms with E-state index in [2.05, 4.69) is 27.3 Å². The Kier molecular flexibility index (Phi) is 6.50. The summed E-state index contributed by atoms with van der Waals surface area (Å²) in [4.78, 5) is 11.4. The number of carbonyl (C=O) groups is 1. The summed E-state index contributed by atoms with van der Waals surface area (Å²) in [6.45, 7) is 6.34. The van der Waals surface area contributed by atoms with Crippen LogP contribution in [0.3, 0.4) is 0 Å². The fourth-order valence-electron chi connectivity index (χ4n) is 1.44. The molecule has 21 heavy (non-hydrogen) atoms. The molecule has 1 N–H and O–H groups in total. The maximum Gasteiger partial charge on any atom is 0.407 e. The molecule has 0 aliphatic carbocycles. The first-order valence-corrected chi connectivity index (χ1v) is 7.40. The summed E-state index contributed by atoms with van der Waals surface area (Å²) >= 11 is 3.36. The lowest BCUT2D eigenvalue weighted by Gasteiger charge is -2.19. The standard InChI is InChI=1S/C15H19BrN2O3/c1-15(2,3)21-14(19)18-7-4-8-20-13-9-11(10-17)5-6-12(13)16/h5-6,9H,4,7-8H2,1-3H3,(H,18,19). The third-order valence-corrected chi connectivity index (χ3v) is 2.96. The van der Waals surface area contributed by atoms with Crippen LogP contribution in [-0.2, 0) is 4.74 Å². The van der Waals surface area contributed by atoms with Gasteiger partial charge in [-0.05, 0) is 61.3 Å². The van der Waals surface area contributed by atoms with E-state index in [1.54, 1.807) is 18.2 Å². The van der Waals surface area contributed by atoms with Crippen LogP contribution in [0.15, 0.2) is 22.7 Å². The number of carbonyl (C=O) groups excluding carboxylic acids is 1. The van der Waals surface area contributed by atoms with Crippen LogP contribution >= 0.6 is 15.9 Å². The van der Waals surface area contributed by atoms with Crippen molar-refractivity contribution >= 4 is 22.0 Å². The summed E-state index contributed by atoms with van der Waals surface area (Å²) in [5, 5.41) is 11.5. The van der Waals surface area contributed by atoms with E-state index in [9.17, 15) is 4.79 Å². The smallest absolute Gasteiger partial charge is 0.407 e. The number of amides is 1. The number of ether oxygens (including phenoxy) is 2. The van der Waals surface area contributed by atoms with Crippen LogP contribution in [0.4, 0.5) is 4.79 Å². The zero-order chi connectivity index (χ0) is 15.9. The van der Waals surface area contributed by atoms with Gasteiger partial charge in [-0.2, -0.15) is 5.26 Å². The third kappa shape index (κ3) is 7.00. The zero-order valence-corrected chi connectivity index (χ0v) is 14.0. The van der Waals surface area contributed by atoms with Gasteiger partial charge < -0.3 is 14.8 Å². The van der Waals surface area contributed by atoms with Crippen molar-refractivity contribution < 1.29 is 14.3 Å². The van der Waals surface area contributed by atoms with Gasteiger partial charge in [-0.25, -0.2) is 4.79 Å². The van der Waals surface area contributed by atoms with Gasteiger partial charge in [0.05, 0.1) is 22.7 Å². The van der Waals surface area contributed by atoms with E-state index in [-0.39, 0.29) is 0 Å². The minimum atomic E-state index is -0.497. The number of nitrogens with zero attached hydrogens (tertiary/aromatic N) is 1. The maximum absolute atomic E-state index is 11.4. The molecule has 6 heteroatoms. The van der Waals surface area contributed by atoms with Crippen molar-refractivity contribution in [3.05, 3.63) is 28.2 Å². The number of nitriles is 1. The van der Waals surface area contributed by atoms with Crippen molar-refractivity contribution in [2.75, 3.05) is 13.2 Å². The Hall–Kier alpha value is -1.74. The van der Waals surface area contributed by atoms with Crippen molar-refractivity contribution in [3.8, 4) is 11.8 Å². The fourth-order valence-corrected chi connectivity index (χ4v) is 1.80. The van der Waals surface area contributed by atoms with E-state index >= 15 is 0 Å². The van der Waals surface area contributed by atoms with Crippen molar-refractivity contribution in [3.63, 3.8) is 0 Å². The van der Waals surface area contributed by atoms with Crippen molar-refractivity contribution in [2.24, 2.45) is 0 Å². The van der Waals surface area contributed by atoms with Gasteiger partial charge in [0, 0.05) is 6.54 Å². The van der Waals surface area contributed by atoms with Gasteiger partial charge >= 0.3 is 6.09 Å². The Morgan fingerprint density at radius 1 is 1.43 bits per heavy atom. The average molecular weight is 355 g/mol. The van der Waals surface area contributed by atoms with Gasteiger partial charge in [-0.1, -0.05) is 0 Å². The molecule has 1 amide bonds. The molecule has 0 radical (unpaired) electrons. The topological polar surface area (TPSA) is 71.3 Å². The van der Waals surface area contributed by atoms with Crippen LogP contribution in [0, 0.1) is 11.3 Å². The second-order valence-electron chi connectivity index (χ2n) is 5.39. The molecule has 0 aliphatic rings. The minimum absolute atomic E-state index is 0.434. The fraction of sp³-hybridized carbons (Fsp3) is 0.467. The molecule has 1 aromatic rings. The Morgan fingerprint density at radius 3 is 2.76 bits per heavy atom. The lowest BCUT2D eigenvalue weighted by Crippen LogP contribution is -2.33. The molecule has 0 fully saturated rings. The van der Waals surface area contributed by atoms with Crippen molar-refractivity contribution in [2.45, 2.75) is 32.8 Å². The second kappa shape index (κ2) is 7.89. The molecule has 114 valence electrons. The molecular weight excluding hydrogens is 336 g/mol. The molecule has 1 aromatic carbocycles. The van der Waals surface area contributed by atoms with Crippen LogP contribution in [0.5, 0.6) is 5.75 Å². The van der Waals surface area contributed by atoms with Crippen molar-refractivity contribution in [1.29, 1.82) is 5.26 Å². The van der Waals surface area contributed by atoms with Crippen LogP contribution in [0.2, 0.25) is 0 Å². The van der Waals surface area contributed by atoms with E-state index in [0.29, 0.717) is 30.9 Å². The SMILES string of the molecule is CC(C)(C)OC(=O)NCCCOc1cc(C#N)ccc1Br. The van der Waals surface area contributed by atoms with Gasteiger partial charge in [0.15, 0.2) is 0 Å². The number of rotatable bonds is 5. The monoisotopic (exact) mass is 354 g/mol. The first kappa shape index (κ1) is 17.3. The highest BCUT2D eigenvalue weighted by atomic mass is 79.9. The van der Waals surface area contributed by atoms with Crippen LogP contribution in [0.25, 0.3) is 0 Å². The van der Waals surface area contributed by atoms with Gasteiger partial charge in [-0.15, -0.1) is 0 Å². The largest absolute Gasteiger partial charge is 0.492 e. The summed E-state index contributed by atoms with van der Waals surface area (Å²) in [6, 6.07) is 7.21. The summed E-state index contributed by atoms with van der Waals surface area (Å²) in [7, 11) is 0. The number of hydrogen-bond acceptors (Lipinski definition) is 4. The number of benzene rings is 1. The molecule has 0 saturated carbocycles. The summed E-state index contributed by atoms with van der Waals surface area (Å²) < 4.78 is 11.5. The Labute approximate surface area is 133 Å². The summed E-state index contributed by atoms with van der Waals surface area (Å²) in [5.74, 6) is 0.617. The van der Waals surface area contributed by atoms with Gasteiger partial charge in [0.2, 0.25) is 0 Å². The Bertz CT molecular complexity index is 533. The molecule has 0 spiro atoms. The van der Waals surface area contributed by atoms with Crippen LogP contribution in [0.1, 0.15) is 32.8 Å². The van der Waals surface area contributed by atoms with E-state index in [1.807, 2.05) is 20.8 Å². The first-order valence-electron chi connectivity index (χ1n) is 6.61. The molecule has 0 bridgehead atoms. The van der Waals surface area contributed by atoms with Gasteiger partial charge in [0.25, 0.3) is 0 Å². The molecule has 0 heterocycles. The number of hydrogen-bond donors (Lipinski definition) is 1. The molecule has 0 atom stereocenters. The van der Waals surface area contributed by atoms with E-state index in [0.717, 1.165) is 4.47 Å². The highest BCUT2D eigenvalue weighted by molar-refractivity contribution is 9.10. The Morgan fingerprint density at radius 2 is 2.14 bits per heavy atom. The number of alkyl carbamates (subject to hydrolysis) is 1. The minimum Gasteiger partial charge on any atom is -0.492 e. The molecule has 0 unspecified atom stereocenters. The molecule has 5 nitrogen and oxygen atoms in total. The van der Waals surface area contributed by atoms with Gasteiger partial charge in [-0.3, -0.25) is 0 Å². The molecule has 0 saturated heterocycles. The van der Waals surface area contributed by atoms with Gasteiger partial charge in [0.1, 0.15) is 11.4 Å². The molecular formula is C15H19BrN2O3. The van der Waals surface area contributed by atoms with E-state index in [1.165, 1.54) is 0 Å². The number of halogens is 1. The Balaban J connectivity index is 2.29. The van der Waals surface area contributed by atoms with Crippen LogP contribution in [-0.4, -0.2) is 24.8 Å². The predicted octanol–water partition coefficient (Wildman–Crippen LogP) is 3.61. The highest BCUT2D eigenvalue weighted by Crippen LogP contribution is 2.25. The van der Waals surface area contributed by atoms with Crippen LogP contribution < -0.4 is 10.1 Å². The summed E-state index contributed by atoms with van der Waals surface area (Å²) in [6.07, 6.45) is 0.206. The predicted molar refractivity (Wildman–Crippen MR) is 83.2 cm³/mol. The lowest BCUT2D eigenvalue weighted by molar-refractivity contribution is 0.0525.